The highest BCUT2D eigenvalue weighted by molar-refractivity contribution is 6.04. The van der Waals surface area contributed by atoms with Crippen LogP contribution in [0.5, 0.6) is 0 Å². The largest absolute Gasteiger partial charge is 0.352 e. The standard InChI is InChI=1S/C18H18N4O/c23-18(19-9-8-12-4-2-1-3-5-12)14-10-20-17-16(14)22-15(11-21-17)13-6-7-13/h1-5,10-11,13H,6-9H2,(H,19,23)(H,20,21). The van der Waals surface area contributed by atoms with E-state index in [1.807, 2.05) is 24.4 Å². The van der Waals surface area contributed by atoms with Gasteiger partial charge in [-0.15, -0.1) is 0 Å². The number of carbonyl (C=O) groups is 1. The van der Waals surface area contributed by atoms with Crippen molar-refractivity contribution in [2.75, 3.05) is 6.54 Å². The Balaban J connectivity index is 1.47. The Bertz CT molecular complexity index is 837. The minimum absolute atomic E-state index is 0.102. The molecule has 0 atom stereocenters. The number of carbonyl (C=O) groups excluding carboxylic acids is 1. The van der Waals surface area contributed by atoms with E-state index in [0.29, 0.717) is 29.2 Å². The van der Waals surface area contributed by atoms with Gasteiger partial charge in [-0.1, -0.05) is 30.3 Å². The Morgan fingerprint density at radius 1 is 1.26 bits per heavy atom. The molecular weight excluding hydrogens is 288 g/mol. The number of nitrogens with one attached hydrogen (secondary N) is 2. The SMILES string of the molecule is O=C(NCCc1ccccc1)c1c[nH]c2ncc(C3CC3)nc12. The maximum atomic E-state index is 12.4. The summed E-state index contributed by atoms with van der Waals surface area (Å²) in [5.74, 6) is 0.421. The predicted octanol–water partition coefficient (Wildman–Crippen LogP) is 2.81. The van der Waals surface area contributed by atoms with E-state index in [1.165, 1.54) is 18.4 Å². The lowest BCUT2D eigenvalue weighted by atomic mass is 10.1. The van der Waals surface area contributed by atoms with Gasteiger partial charge in [0.05, 0.1) is 17.5 Å². The molecular formula is C18H18N4O. The molecule has 0 saturated heterocycles. The molecule has 0 bridgehead atoms. The highest BCUT2D eigenvalue weighted by Gasteiger charge is 2.26. The fourth-order valence-electron chi connectivity index (χ4n) is 2.71. The second-order valence-electron chi connectivity index (χ2n) is 5.96. The first-order valence-electron chi connectivity index (χ1n) is 7.97. The highest BCUT2D eigenvalue weighted by atomic mass is 16.1. The lowest BCUT2D eigenvalue weighted by molar-refractivity contribution is 0.0955. The van der Waals surface area contributed by atoms with E-state index in [2.05, 4.69) is 32.4 Å². The lowest BCUT2D eigenvalue weighted by Crippen LogP contribution is -2.25. The van der Waals surface area contributed by atoms with E-state index in [1.54, 1.807) is 6.20 Å². The molecule has 2 heterocycles. The summed E-state index contributed by atoms with van der Waals surface area (Å²) in [5.41, 5.74) is 4.12. The number of benzene rings is 1. The minimum atomic E-state index is -0.102. The molecule has 0 radical (unpaired) electrons. The number of aromatic amines is 1. The number of amides is 1. The van der Waals surface area contributed by atoms with Crippen molar-refractivity contribution >= 4 is 17.1 Å². The number of nitrogens with zero attached hydrogens (tertiary/aromatic N) is 2. The molecule has 0 unspecified atom stereocenters. The molecule has 4 rings (SSSR count). The molecule has 1 saturated carbocycles. The van der Waals surface area contributed by atoms with Crippen LogP contribution in [0.1, 0.15) is 40.4 Å². The third kappa shape index (κ3) is 2.95. The molecule has 0 aliphatic heterocycles. The fourth-order valence-corrected chi connectivity index (χ4v) is 2.71. The van der Waals surface area contributed by atoms with Crippen molar-refractivity contribution in [1.82, 2.24) is 20.3 Å². The van der Waals surface area contributed by atoms with Crippen molar-refractivity contribution < 1.29 is 4.79 Å². The Morgan fingerprint density at radius 2 is 2.09 bits per heavy atom. The second kappa shape index (κ2) is 5.83. The number of hydrogen-bond donors (Lipinski definition) is 2. The average molecular weight is 306 g/mol. The van der Waals surface area contributed by atoms with Gasteiger partial charge in [0.15, 0.2) is 5.65 Å². The first-order chi connectivity index (χ1) is 11.3. The van der Waals surface area contributed by atoms with E-state index >= 15 is 0 Å². The highest BCUT2D eigenvalue weighted by Crippen LogP contribution is 2.39. The normalized spacial score (nSPS) is 14.1. The Hall–Kier alpha value is -2.69. The third-order valence-electron chi connectivity index (χ3n) is 4.18. The van der Waals surface area contributed by atoms with Crippen molar-refractivity contribution in [1.29, 1.82) is 0 Å². The number of rotatable bonds is 5. The van der Waals surface area contributed by atoms with Gasteiger partial charge in [0.2, 0.25) is 0 Å². The van der Waals surface area contributed by atoms with Crippen molar-refractivity contribution in [2.45, 2.75) is 25.2 Å². The van der Waals surface area contributed by atoms with E-state index in [4.69, 9.17) is 0 Å². The van der Waals surface area contributed by atoms with Crippen molar-refractivity contribution in [3.63, 3.8) is 0 Å². The molecule has 1 amide bonds. The van der Waals surface area contributed by atoms with Crippen LogP contribution < -0.4 is 5.32 Å². The molecule has 116 valence electrons. The smallest absolute Gasteiger partial charge is 0.255 e. The summed E-state index contributed by atoms with van der Waals surface area (Å²) in [6.07, 6.45) is 6.66. The van der Waals surface area contributed by atoms with E-state index in [-0.39, 0.29) is 5.91 Å². The summed E-state index contributed by atoms with van der Waals surface area (Å²) in [6, 6.07) is 10.1. The quantitative estimate of drug-likeness (QED) is 0.761. The first kappa shape index (κ1) is 13.9. The Morgan fingerprint density at radius 3 is 2.87 bits per heavy atom. The summed E-state index contributed by atoms with van der Waals surface area (Å²) in [4.78, 5) is 24.4. The van der Waals surface area contributed by atoms with Crippen LogP contribution in [0, 0.1) is 0 Å². The number of fused-ring (bicyclic) bond motifs is 1. The molecule has 5 heteroatoms. The van der Waals surface area contributed by atoms with Crippen LogP contribution in [-0.4, -0.2) is 27.4 Å². The van der Waals surface area contributed by atoms with E-state index in [0.717, 1.165) is 12.1 Å². The number of aromatic nitrogens is 3. The van der Waals surface area contributed by atoms with Crippen molar-refractivity contribution in [2.24, 2.45) is 0 Å². The molecule has 1 aromatic carbocycles. The molecule has 2 N–H and O–H groups in total. The van der Waals surface area contributed by atoms with Gasteiger partial charge in [-0.25, -0.2) is 9.97 Å². The molecule has 2 aromatic heterocycles. The van der Waals surface area contributed by atoms with Crippen molar-refractivity contribution in [3.05, 3.63) is 59.5 Å². The predicted molar refractivity (Wildman–Crippen MR) is 88.3 cm³/mol. The molecule has 0 spiro atoms. The zero-order valence-corrected chi connectivity index (χ0v) is 12.7. The van der Waals surface area contributed by atoms with Crippen LogP contribution in [-0.2, 0) is 6.42 Å². The maximum absolute atomic E-state index is 12.4. The summed E-state index contributed by atoms with van der Waals surface area (Å²) in [5, 5.41) is 2.96. The summed E-state index contributed by atoms with van der Waals surface area (Å²) in [7, 11) is 0. The van der Waals surface area contributed by atoms with Gasteiger partial charge in [-0.2, -0.15) is 0 Å². The Labute approximate surface area is 134 Å². The van der Waals surface area contributed by atoms with E-state index < -0.39 is 0 Å². The van der Waals surface area contributed by atoms with Gasteiger partial charge in [-0.3, -0.25) is 4.79 Å². The molecule has 5 nitrogen and oxygen atoms in total. The summed E-state index contributed by atoms with van der Waals surface area (Å²) >= 11 is 0. The molecule has 1 fully saturated rings. The maximum Gasteiger partial charge on any atom is 0.255 e. The Kier molecular flexibility index (Phi) is 3.54. The number of H-pyrrole nitrogens is 1. The average Bonchev–Trinajstić information content (AvgIpc) is 3.35. The van der Waals surface area contributed by atoms with Crippen LogP contribution in [0.4, 0.5) is 0 Å². The van der Waals surface area contributed by atoms with Crippen LogP contribution in [0.3, 0.4) is 0 Å². The van der Waals surface area contributed by atoms with Gasteiger partial charge in [0.1, 0.15) is 5.52 Å². The van der Waals surface area contributed by atoms with E-state index in [9.17, 15) is 4.79 Å². The van der Waals surface area contributed by atoms with Crippen LogP contribution in [0.25, 0.3) is 11.2 Å². The zero-order chi connectivity index (χ0) is 15.6. The summed E-state index contributed by atoms with van der Waals surface area (Å²) < 4.78 is 0. The summed E-state index contributed by atoms with van der Waals surface area (Å²) in [6.45, 7) is 0.602. The van der Waals surface area contributed by atoms with Gasteiger partial charge in [0, 0.05) is 18.7 Å². The third-order valence-corrected chi connectivity index (χ3v) is 4.18. The van der Waals surface area contributed by atoms with Crippen LogP contribution >= 0.6 is 0 Å². The lowest BCUT2D eigenvalue weighted by Gasteiger charge is -2.04. The topological polar surface area (TPSA) is 70.7 Å². The molecule has 3 aromatic rings. The monoisotopic (exact) mass is 306 g/mol. The van der Waals surface area contributed by atoms with Crippen molar-refractivity contribution in [3.8, 4) is 0 Å². The minimum Gasteiger partial charge on any atom is -0.352 e. The van der Waals surface area contributed by atoms with Gasteiger partial charge in [0.25, 0.3) is 5.91 Å². The molecule has 1 aliphatic rings. The fraction of sp³-hybridized carbons (Fsp3) is 0.278. The number of hydrogen-bond acceptors (Lipinski definition) is 3. The van der Waals surface area contributed by atoms with Crippen LogP contribution in [0.2, 0.25) is 0 Å². The molecule has 1 aliphatic carbocycles. The zero-order valence-electron chi connectivity index (χ0n) is 12.7. The van der Waals surface area contributed by atoms with Crippen LogP contribution in [0.15, 0.2) is 42.7 Å². The van der Waals surface area contributed by atoms with Gasteiger partial charge in [-0.05, 0) is 24.8 Å². The van der Waals surface area contributed by atoms with Gasteiger partial charge >= 0.3 is 0 Å². The molecule has 23 heavy (non-hydrogen) atoms. The van der Waals surface area contributed by atoms with Gasteiger partial charge < -0.3 is 10.3 Å². The second-order valence-corrected chi connectivity index (χ2v) is 5.96. The first-order valence-corrected chi connectivity index (χ1v) is 7.97.